The number of carbonyl (C=O) groups is 3. The van der Waals surface area contributed by atoms with Crippen LogP contribution in [0.1, 0.15) is 12.0 Å². The minimum atomic E-state index is -0.174. The third-order valence-electron chi connectivity index (χ3n) is 6.61. The van der Waals surface area contributed by atoms with Crippen LogP contribution in [0, 0.1) is 23.7 Å². The molecule has 4 atom stereocenters. The van der Waals surface area contributed by atoms with Crippen LogP contribution in [0.25, 0.3) is 0 Å². The van der Waals surface area contributed by atoms with Crippen LogP contribution in [0.5, 0.6) is 0 Å². The Kier molecular flexibility index (Phi) is 8.50. The van der Waals surface area contributed by atoms with Gasteiger partial charge in [-0.3, -0.25) is 19.3 Å². The number of nitrogens with zero attached hydrogens (tertiary/aromatic N) is 3. The number of likely N-dealkylation sites (N-methyl/N-ethyl adjacent to an activating group) is 1. The van der Waals surface area contributed by atoms with E-state index in [1.807, 2.05) is 18.2 Å². The smallest absolute Gasteiger partial charge is 0.243 e. The summed E-state index contributed by atoms with van der Waals surface area (Å²) in [6, 6.07) is 10.1. The van der Waals surface area contributed by atoms with Crippen LogP contribution in [0.4, 0.5) is 0 Å². The van der Waals surface area contributed by atoms with E-state index in [0.717, 1.165) is 12.8 Å². The fourth-order valence-electron chi connectivity index (χ4n) is 4.90. The van der Waals surface area contributed by atoms with Crippen molar-refractivity contribution < 1.29 is 14.4 Å². The van der Waals surface area contributed by atoms with Gasteiger partial charge in [0.25, 0.3) is 0 Å². The van der Waals surface area contributed by atoms with Crippen molar-refractivity contribution in [2.45, 2.75) is 12.8 Å². The number of hydrogen-bond donors (Lipinski definition) is 2. The van der Waals surface area contributed by atoms with Crippen LogP contribution in [0.2, 0.25) is 0 Å². The van der Waals surface area contributed by atoms with Crippen LogP contribution in [-0.2, 0) is 20.8 Å². The van der Waals surface area contributed by atoms with E-state index in [4.69, 9.17) is 0 Å². The summed E-state index contributed by atoms with van der Waals surface area (Å²) in [6.07, 6.45) is 5.94. The highest BCUT2D eigenvalue weighted by Gasteiger charge is 2.58. The molecular weight excluding hydrogens is 533 g/mol. The van der Waals surface area contributed by atoms with Gasteiger partial charge in [0.15, 0.2) is 5.96 Å². The number of hydrogen-bond acceptors (Lipinski definition) is 4. The summed E-state index contributed by atoms with van der Waals surface area (Å²) in [5.41, 5.74) is 1.20. The molecular formula is C24H32IN5O3. The molecule has 3 aliphatic rings. The average Bonchev–Trinajstić information content (AvgIpc) is 3.47. The molecule has 1 saturated carbocycles. The summed E-state index contributed by atoms with van der Waals surface area (Å²) in [5.74, 6) is 0.391. The maximum atomic E-state index is 12.8. The van der Waals surface area contributed by atoms with Crippen molar-refractivity contribution >= 4 is 47.7 Å². The lowest BCUT2D eigenvalue weighted by molar-refractivity contribution is -0.140. The fourth-order valence-corrected chi connectivity index (χ4v) is 4.90. The number of likely N-dealkylation sites (tertiary alicyclic amines) is 1. The van der Waals surface area contributed by atoms with Crippen molar-refractivity contribution in [2.75, 3.05) is 40.3 Å². The molecule has 2 fully saturated rings. The first-order chi connectivity index (χ1) is 15.5. The first-order valence-corrected chi connectivity index (χ1v) is 11.3. The van der Waals surface area contributed by atoms with Crippen molar-refractivity contribution in [3.8, 4) is 0 Å². The molecule has 1 aromatic carbocycles. The normalized spacial score (nSPS) is 25.2. The van der Waals surface area contributed by atoms with E-state index >= 15 is 0 Å². The predicted octanol–water partition coefficient (Wildman–Crippen LogP) is 1.28. The first-order valence-electron chi connectivity index (χ1n) is 11.3. The number of carbonyl (C=O) groups excluding carboxylic acids is 3. The Bertz CT molecular complexity index is 903. The fraction of sp³-hybridized carbons (Fsp3) is 0.500. The lowest BCUT2D eigenvalue weighted by Crippen LogP contribution is -2.44. The van der Waals surface area contributed by atoms with Crippen LogP contribution >= 0.6 is 24.0 Å². The number of guanidine groups is 1. The zero-order valence-corrected chi connectivity index (χ0v) is 21.4. The molecule has 1 aromatic rings. The van der Waals surface area contributed by atoms with Gasteiger partial charge in [0.2, 0.25) is 17.7 Å². The molecule has 2 bridgehead atoms. The lowest BCUT2D eigenvalue weighted by atomic mass is 9.85. The van der Waals surface area contributed by atoms with Crippen LogP contribution in [0.15, 0.2) is 47.5 Å². The Morgan fingerprint density at radius 2 is 1.64 bits per heavy atom. The van der Waals surface area contributed by atoms with Crippen LogP contribution in [0.3, 0.4) is 0 Å². The zero-order chi connectivity index (χ0) is 22.7. The molecule has 0 aromatic heterocycles. The molecule has 0 radical (unpaired) electrons. The van der Waals surface area contributed by atoms with Crippen molar-refractivity contribution in [3.63, 3.8) is 0 Å². The maximum Gasteiger partial charge on any atom is 0.243 e. The highest BCUT2D eigenvalue weighted by molar-refractivity contribution is 14.0. The van der Waals surface area contributed by atoms with E-state index in [-0.39, 0.29) is 71.9 Å². The second-order valence-corrected chi connectivity index (χ2v) is 8.87. The van der Waals surface area contributed by atoms with Gasteiger partial charge in [-0.1, -0.05) is 42.5 Å². The molecule has 178 valence electrons. The Labute approximate surface area is 211 Å². The second-order valence-electron chi connectivity index (χ2n) is 8.87. The molecule has 8 nitrogen and oxygen atoms in total. The van der Waals surface area contributed by atoms with E-state index in [2.05, 4.69) is 39.9 Å². The quantitative estimate of drug-likeness (QED) is 0.163. The number of benzene rings is 1. The summed E-state index contributed by atoms with van der Waals surface area (Å²) in [7, 11) is 3.38. The standard InChI is InChI=1S/C24H31N5O3.HI/c1-28(2)19(30)15-27-24(25-11-10-16-6-4-3-5-7-16)26-12-13-29-22(31)20-17-8-9-18(14-17)21(20)23(29)32;/h3-9,17-18,20-21H,10-15H2,1-2H3,(H2,25,26,27);1H. The molecule has 1 saturated heterocycles. The summed E-state index contributed by atoms with van der Waals surface area (Å²) < 4.78 is 0. The van der Waals surface area contributed by atoms with Gasteiger partial charge in [0.05, 0.1) is 11.8 Å². The van der Waals surface area contributed by atoms with E-state index in [1.54, 1.807) is 14.1 Å². The molecule has 1 aliphatic heterocycles. The molecule has 2 N–H and O–H groups in total. The van der Waals surface area contributed by atoms with Gasteiger partial charge in [-0.15, -0.1) is 24.0 Å². The van der Waals surface area contributed by atoms with E-state index in [1.165, 1.54) is 15.4 Å². The first kappa shape index (κ1) is 25.2. The van der Waals surface area contributed by atoms with Gasteiger partial charge < -0.3 is 15.5 Å². The maximum absolute atomic E-state index is 12.8. The molecule has 3 amide bonds. The number of imide groups is 1. The minimum Gasteiger partial charge on any atom is -0.356 e. The number of nitrogens with one attached hydrogen (secondary N) is 2. The molecule has 1 heterocycles. The summed E-state index contributed by atoms with van der Waals surface area (Å²) >= 11 is 0. The molecule has 9 heteroatoms. The number of fused-ring (bicyclic) bond motifs is 5. The third kappa shape index (κ3) is 5.56. The molecule has 2 aliphatic carbocycles. The van der Waals surface area contributed by atoms with Gasteiger partial charge in [-0.05, 0) is 30.2 Å². The SMILES string of the molecule is CN(C)C(=O)CN=C(NCCc1ccccc1)NCCN1C(=O)C2C3C=CC(C3)C2C1=O.I. The summed E-state index contributed by atoms with van der Waals surface area (Å²) in [4.78, 5) is 44.9. The summed E-state index contributed by atoms with van der Waals surface area (Å²) in [5, 5.41) is 6.42. The highest BCUT2D eigenvalue weighted by atomic mass is 127. The third-order valence-corrected chi connectivity index (χ3v) is 6.61. The number of amides is 3. The molecule has 33 heavy (non-hydrogen) atoms. The minimum absolute atomic E-state index is 0. The van der Waals surface area contributed by atoms with Crippen LogP contribution in [-0.4, -0.2) is 73.8 Å². The van der Waals surface area contributed by atoms with Crippen molar-refractivity contribution in [2.24, 2.45) is 28.7 Å². The zero-order valence-electron chi connectivity index (χ0n) is 19.1. The van der Waals surface area contributed by atoms with E-state index in [9.17, 15) is 14.4 Å². The number of rotatable bonds is 8. The topological polar surface area (TPSA) is 94.1 Å². The molecule has 4 rings (SSSR count). The van der Waals surface area contributed by atoms with Crippen LogP contribution < -0.4 is 10.6 Å². The Morgan fingerprint density at radius 1 is 1.03 bits per heavy atom. The lowest BCUT2D eigenvalue weighted by Gasteiger charge is -2.19. The summed E-state index contributed by atoms with van der Waals surface area (Å²) in [6.45, 7) is 1.35. The van der Waals surface area contributed by atoms with Crippen molar-refractivity contribution in [1.29, 1.82) is 0 Å². The number of halogens is 1. The number of allylic oxidation sites excluding steroid dienone is 2. The Morgan fingerprint density at radius 3 is 2.24 bits per heavy atom. The van der Waals surface area contributed by atoms with Gasteiger partial charge in [0.1, 0.15) is 6.54 Å². The van der Waals surface area contributed by atoms with E-state index < -0.39 is 0 Å². The van der Waals surface area contributed by atoms with Gasteiger partial charge in [0, 0.05) is 33.7 Å². The van der Waals surface area contributed by atoms with Gasteiger partial charge in [-0.25, -0.2) is 4.99 Å². The highest BCUT2D eigenvalue weighted by Crippen LogP contribution is 2.52. The Hall–Kier alpha value is -2.43. The molecule has 0 spiro atoms. The number of aliphatic imine (C=N–C) groups is 1. The van der Waals surface area contributed by atoms with Crippen molar-refractivity contribution in [1.82, 2.24) is 20.4 Å². The second kappa shape index (κ2) is 11.1. The average molecular weight is 565 g/mol. The van der Waals surface area contributed by atoms with Gasteiger partial charge >= 0.3 is 0 Å². The monoisotopic (exact) mass is 565 g/mol. The Balaban J connectivity index is 0.00000306. The van der Waals surface area contributed by atoms with E-state index in [0.29, 0.717) is 25.6 Å². The largest absolute Gasteiger partial charge is 0.356 e. The molecule has 4 unspecified atom stereocenters. The van der Waals surface area contributed by atoms with Crippen molar-refractivity contribution in [3.05, 3.63) is 48.0 Å². The van der Waals surface area contributed by atoms with Gasteiger partial charge in [-0.2, -0.15) is 0 Å². The predicted molar refractivity (Wildman–Crippen MR) is 137 cm³/mol.